The smallest absolute Gasteiger partial charge is 0.262 e. The molecule has 0 unspecified atom stereocenters. The summed E-state index contributed by atoms with van der Waals surface area (Å²) >= 11 is 0. The van der Waals surface area contributed by atoms with Crippen LogP contribution in [0.4, 0.5) is 5.69 Å². The SMILES string of the molecule is O=C1CC[C@@H](N2C(=O)c3cc4c(cc3C2=O)CN(CC2CCN(c3ccc([C@@H]5c6ccc(O)cc6CC[C@@H]5c5ccccc5)cc3)CC2)C4)C(=O)N1. The number of hydrogen-bond donors (Lipinski definition) is 2. The second kappa shape index (κ2) is 13.0. The third kappa shape index (κ3) is 5.77. The van der Waals surface area contributed by atoms with Gasteiger partial charge in [-0.25, -0.2) is 0 Å². The summed E-state index contributed by atoms with van der Waals surface area (Å²) in [4.78, 5) is 56.7. The van der Waals surface area contributed by atoms with Crippen LogP contribution in [0.5, 0.6) is 5.75 Å². The van der Waals surface area contributed by atoms with Gasteiger partial charge >= 0.3 is 0 Å². The minimum atomic E-state index is -0.946. The molecule has 4 aliphatic heterocycles. The molecule has 0 aromatic heterocycles. The van der Waals surface area contributed by atoms with E-state index in [0.29, 0.717) is 28.7 Å². The fraction of sp³-hybridized carbons (Fsp3) is 0.349. The normalized spacial score (nSPS) is 23.4. The molecule has 4 aromatic rings. The first-order valence-electron chi connectivity index (χ1n) is 18.6. The summed E-state index contributed by atoms with van der Waals surface area (Å²) in [7, 11) is 0. The average Bonchev–Trinajstić information content (AvgIpc) is 3.66. The van der Waals surface area contributed by atoms with Crippen LogP contribution < -0.4 is 10.2 Å². The molecule has 0 bridgehead atoms. The number of benzene rings is 4. The Labute approximate surface area is 303 Å². The summed E-state index contributed by atoms with van der Waals surface area (Å²) in [5.74, 6) is -0.350. The number of rotatable bonds is 6. The van der Waals surface area contributed by atoms with Crippen molar-refractivity contribution in [2.45, 2.75) is 69.5 Å². The number of nitrogens with zero attached hydrogens (tertiary/aromatic N) is 3. The van der Waals surface area contributed by atoms with Crippen molar-refractivity contribution in [3.8, 4) is 5.75 Å². The molecule has 9 nitrogen and oxygen atoms in total. The molecular weight excluding hydrogens is 652 g/mol. The molecule has 1 aliphatic carbocycles. The fourth-order valence-electron chi connectivity index (χ4n) is 9.48. The molecule has 4 aromatic carbocycles. The van der Waals surface area contributed by atoms with E-state index >= 15 is 0 Å². The highest BCUT2D eigenvalue weighted by Gasteiger charge is 2.45. The van der Waals surface area contributed by atoms with E-state index in [9.17, 15) is 24.3 Å². The summed E-state index contributed by atoms with van der Waals surface area (Å²) in [5, 5.41) is 12.5. The predicted molar refractivity (Wildman–Crippen MR) is 196 cm³/mol. The lowest BCUT2D eigenvalue weighted by molar-refractivity contribution is -0.136. The number of carbonyl (C=O) groups excluding carboxylic acids is 4. The highest BCUT2D eigenvalue weighted by Crippen LogP contribution is 2.47. The molecule has 9 rings (SSSR count). The Kier molecular flexibility index (Phi) is 8.18. The number of anilines is 1. The molecule has 2 fully saturated rings. The first kappa shape index (κ1) is 32.6. The zero-order valence-corrected chi connectivity index (χ0v) is 29.1. The van der Waals surface area contributed by atoms with Crippen LogP contribution in [0.25, 0.3) is 0 Å². The van der Waals surface area contributed by atoms with Gasteiger partial charge in [0.15, 0.2) is 0 Å². The molecule has 2 saturated heterocycles. The number of phenols is 1. The molecule has 5 aliphatic rings. The van der Waals surface area contributed by atoms with E-state index in [1.807, 2.05) is 24.3 Å². The van der Waals surface area contributed by atoms with Gasteiger partial charge in [0.05, 0.1) is 11.1 Å². The molecule has 52 heavy (non-hydrogen) atoms. The Morgan fingerprint density at radius 2 is 1.38 bits per heavy atom. The highest BCUT2D eigenvalue weighted by atomic mass is 16.3. The fourth-order valence-corrected chi connectivity index (χ4v) is 9.48. The minimum absolute atomic E-state index is 0.110. The molecule has 0 radical (unpaired) electrons. The first-order valence-corrected chi connectivity index (χ1v) is 18.6. The van der Waals surface area contributed by atoms with Crippen LogP contribution in [-0.2, 0) is 29.1 Å². The quantitative estimate of drug-likeness (QED) is 0.243. The summed E-state index contributed by atoms with van der Waals surface area (Å²) in [6.07, 6.45) is 4.47. The predicted octanol–water partition coefficient (Wildman–Crippen LogP) is 5.89. The lowest BCUT2D eigenvalue weighted by atomic mass is 9.69. The van der Waals surface area contributed by atoms with Crippen molar-refractivity contribution >= 4 is 29.3 Å². The van der Waals surface area contributed by atoms with Crippen LogP contribution >= 0.6 is 0 Å². The van der Waals surface area contributed by atoms with Gasteiger partial charge in [0, 0.05) is 50.7 Å². The first-order chi connectivity index (χ1) is 25.3. The summed E-state index contributed by atoms with van der Waals surface area (Å²) < 4.78 is 0. The van der Waals surface area contributed by atoms with Crippen molar-refractivity contribution in [2.24, 2.45) is 5.92 Å². The molecule has 9 heteroatoms. The van der Waals surface area contributed by atoms with Gasteiger partial charge in [-0.1, -0.05) is 48.5 Å². The molecule has 3 atom stereocenters. The number of fused-ring (bicyclic) bond motifs is 3. The van der Waals surface area contributed by atoms with E-state index in [0.717, 1.165) is 74.4 Å². The van der Waals surface area contributed by atoms with E-state index in [4.69, 9.17) is 0 Å². The molecular formula is C43H42N4O5. The minimum Gasteiger partial charge on any atom is -0.508 e. The van der Waals surface area contributed by atoms with E-state index in [2.05, 4.69) is 75.8 Å². The summed E-state index contributed by atoms with van der Waals surface area (Å²) in [6, 6.07) is 28.6. The van der Waals surface area contributed by atoms with Crippen molar-refractivity contribution in [3.63, 3.8) is 0 Å². The Morgan fingerprint density at radius 1 is 0.692 bits per heavy atom. The third-order valence-electron chi connectivity index (χ3n) is 12.1. The average molecular weight is 695 g/mol. The molecule has 264 valence electrons. The maximum atomic E-state index is 13.3. The lowest BCUT2D eigenvalue weighted by Crippen LogP contribution is -2.54. The summed E-state index contributed by atoms with van der Waals surface area (Å²) in [5.41, 5.74) is 9.33. The van der Waals surface area contributed by atoms with Crippen molar-refractivity contribution in [3.05, 3.63) is 129 Å². The van der Waals surface area contributed by atoms with Crippen molar-refractivity contribution in [2.75, 3.05) is 24.5 Å². The van der Waals surface area contributed by atoms with E-state index in [1.54, 1.807) is 0 Å². The van der Waals surface area contributed by atoms with Gasteiger partial charge in [-0.2, -0.15) is 0 Å². The number of nitrogens with one attached hydrogen (secondary N) is 1. The Balaban J connectivity index is 0.833. The summed E-state index contributed by atoms with van der Waals surface area (Å²) in [6.45, 7) is 4.43. The standard InChI is InChI=1S/C43H42N4O5/c48-33-11-13-35-29(20-33)8-12-34(27-4-2-1-3-5-27)40(35)28-6-9-32(10-7-28)46-18-16-26(17-19-46)23-45-24-30-21-36-37(22-31(30)25-45)43(52)47(42(36)51)38-14-15-39(49)44-41(38)50/h1-7,9-11,13,20-22,26,34,38,40,48H,8,12,14-19,23-25H2,(H,44,49,50)/t34-,38-,40+/m1/s1. The number of aryl methyl sites for hydroxylation is 1. The van der Waals surface area contributed by atoms with Gasteiger partial charge in [-0.3, -0.25) is 34.3 Å². The maximum Gasteiger partial charge on any atom is 0.262 e. The Bertz CT molecular complexity index is 2040. The van der Waals surface area contributed by atoms with Gasteiger partial charge in [0.2, 0.25) is 11.8 Å². The Morgan fingerprint density at radius 3 is 2.06 bits per heavy atom. The van der Waals surface area contributed by atoms with Gasteiger partial charge in [0.1, 0.15) is 11.8 Å². The zero-order valence-electron chi connectivity index (χ0n) is 29.1. The van der Waals surface area contributed by atoms with Gasteiger partial charge in [-0.15, -0.1) is 0 Å². The van der Waals surface area contributed by atoms with Crippen LogP contribution in [-0.4, -0.2) is 64.2 Å². The number of hydrogen-bond acceptors (Lipinski definition) is 7. The highest BCUT2D eigenvalue weighted by molar-refractivity contribution is 6.23. The monoisotopic (exact) mass is 694 g/mol. The molecule has 0 spiro atoms. The van der Waals surface area contributed by atoms with E-state index < -0.39 is 23.8 Å². The zero-order chi connectivity index (χ0) is 35.5. The van der Waals surface area contributed by atoms with Gasteiger partial charge in [0.25, 0.3) is 11.8 Å². The molecule has 0 saturated carbocycles. The van der Waals surface area contributed by atoms with Gasteiger partial charge < -0.3 is 10.0 Å². The number of phenolic OH excluding ortho intramolecular Hbond substituents is 1. The van der Waals surface area contributed by atoms with Crippen LogP contribution in [0.1, 0.15) is 98.0 Å². The van der Waals surface area contributed by atoms with Gasteiger partial charge in [-0.05, 0) is 114 Å². The third-order valence-corrected chi connectivity index (χ3v) is 12.1. The van der Waals surface area contributed by atoms with Crippen LogP contribution in [0.15, 0.2) is 84.9 Å². The topological polar surface area (TPSA) is 110 Å². The number of piperidine rings is 2. The number of amides is 4. The van der Waals surface area contributed by atoms with Crippen molar-refractivity contribution < 1.29 is 24.3 Å². The second-order valence-electron chi connectivity index (χ2n) is 15.2. The van der Waals surface area contributed by atoms with Crippen molar-refractivity contribution in [1.82, 2.24) is 15.1 Å². The Hall–Kier alpha value is -5.28. The number of aromatic hydroxyl groups is 1. The van der Waals surface area contributed by atoms with E-state index in [1.165, 1.54) is 27.9 Å². The lowest BCUT2D eigenvalue weighted by Gasteiger charge is -2.36. The molecule has 4 amide bonds. The van der Waals surface area contributed by atoms with Crippen LogP contribution in [0.3, 0.4) is 0 Å². The largest absolute Gasteiger partial charge is 0.508 e. The number of carbonyl (C=O) groups is 4. The number of imide groups is 2. The van der Waals surface area contributed by atoms with E-state index in [-0.39, 0.29) is 24.7 Å². The van der Waals surface area contributed by atoms with Crippen molar-refractivity contribution in [1.29, 1.82) is 0 Å². The van der Waals surface area contributed by atoms with Crippen LogP contribution in [0.2, 0.25) is 0 Å². The molecule has 2 N–H and O–H groups in total. The molecule has 4 heterocycles. The van der Waals surface area contributed by atoms with Crippen LogP contribution in [0, 0.1) is 5.92 Å². The second-order valence-corrected chi connectivity index (χ2v) is 15.2. The maximum absolute atomic E-state index is 13.3.